The number of hydrogen-bond donors (Lipinski definition) is 2. The lowest BCUT2D eigenvalue weighted by Gasteiger charge is -2.35. The number of fused-ring (bicyclic) bond motifs is 1. The van der Waals surface area contributed by atoms with Crippen molar-refractivity contribution in [1.82, 2.24) is 9.88 Å². The molecule has 1 fully saturated rings. The highest BCUT2D eigenvalue weighted by atomic mass is 35.5. The lowest BCUT2D eigenvalue weighted by atomic mass is 10.2. The van der Waals surface area contributed by atoms with E-state index in [2.05, 4.69) is 20.1 Å². The van der Waals surface area contributed by atoms with Crippen LogP contribution in [0.2, 0.25) is 5.02 Å². The van der Waals surface area contributed by atoms with Crippen LogP contribution in [0.15, 0.2) is 36.4 Å². The van der Waals surface area contributed by atoms with E-state index < -0.39 is 5.97 Å². The lowest BCUT2D eigenvalue weighted by molar-refractivity contribution is -0.117. The van der Waals surface area contributed by atoms with E-state index in [1.165, 1.54) is 14.2 Å². The third-order valence-electron chi connectivity index (χ3n) is 5.96. The zero-order chi connectivity index (χ0) is 24.9. The van der Waals surface area contributed by atoms with Gasteiger partial charge < -0.3 is 29.4 Å². The number of rotatable bonds is 8. The molecule has 0 spiro atoms. The van der Waals surface area contributed by atoms with Gasteiger partial charge in [-0.1, -0.05) is 17.7 Å². The minimum absolute atomic E-state index is 0.177. The normalized spacial score (nSPS) is 14.1. The van der Waals surface area contributed by atoms with Crippen molar-refractivity contribution in [2.45, 2.75) is 6.92 Å². The van der Waals surface area contributed by atoms with E-state index in [1.54, 1.807) is 19.1 Å². The predicted octanol–water partition coefficient (Wildman–Crippen LogP) is 3.78. The van der Waals surface area contributed by atoms with E-state index in [0.29, 0.717) is 33.1 Å². The van der Waals surface area contributed by atoms with Crippen LogP contribution in [0.3, 0.4) is 0 Å². The first kappa shape index (κ1) is 24.7. The molecule has 4 rings (SSSR count). The molecular formula is C25H29ClN4O5. The molecule has 0 atom stereocenters. The molecule has 1 aromatic heterocycles. The van der Waals surface area contributed by atoms with Crippen LogP contribution in [-0.2, 0) is 9.53 Å². The Morgan fingerprint density at radius 1 is 1.06 bits per heavy atom. The molecular weight excluding hydrogens is 472 g/mol. The highest BCUT2D eigenvalue weighted by Crippen LogP contribution is 2.37. The Morgan fingerprint density at radius 2 is 1.77 bits per heavy atom. The molecule has 0 bridgehead atoms. The quantitative estimate of drug-likeness (QED) is 0.454. The number of anilines is 2. The summed E-state index contributed by atoms with van der Waals surface area (Å²) in [7, 11) is 3.07. The summed E-state index contributed by atoms with van der Waals surface area (Å²) in [6.07, 6.45) is 0. The van der Waals surface area contributed by atoms with Crippen molar-refractivity contribution in [2.24, 2.45) is 0 Å². The summed E-state index contributed by atoms with van der Waals surface area (Å²) in [6.45, 7) is 5.16. The van der Waals surface area contributed by atoms with Crippen LogP contribution in [0, 0.1) is 0 Å². The van der Waals surface area contributed by atoms with Gasteiger partial charge in [-0.3, -0.25) is 9.69 Å². The molecule has 1 aliphatic heterocycles. The first-order valence-electron chi connectivity index (χ1n) is 11.4. The average Bonchev–Trinajstić information content (AvgIpc) is 3.20. The molecule has 0 unspecified atom stereocenters. The number of H-pyrrole nitrogens is 1. The van der Waals surface area contributed by atoms with Crippen LogP contribution in [0.1, 0.15) is 17.4 Å². The van der Waals surface area contributed by atoms with Crippen LogP contribution >= 0.6 is 11.6 Å². The van der Waals surface area contributed by atoms with Crippen LogP contribution in [0.25, 0.3) is 10.9 Å². The number of amides is 1. The first-order chi connectivity index (χ1) is 16.9. The number of esters is 1. The van der Waals surface area contributed by atoms with E-state index in [4.69, 9.17) is 25.8 Å². The van der Waals surface area contributed by atoms with Crippen LogP contribution in [-0.4, -0.2) is 75.3 Å². The first-order valence-corrected chi connectivity index (χ1v) is 11.8. The zero-order valence-electron chi connectivity index (χ0n) is 20.0. The molecule has 2 aromatic carbocycles. The number of carbonyl (C=O) groups excluding carboxylic acids is 2. The van der Waals surface area contributed by atoms with E-state index in [9.17, 15) is 9.59 Å². The summed E-state index contributed by atoms with van der Waals surface area (Å²) >= 11 is 6.12. The van der Waals surface area contributed by atoms with Gasteiger partial charge in [-0.15, -0.1) is 0 Å². The Morgan fingerprint density at radius 3 is 2.43 bits per heavy atom. The van der Waals surface area contributed by atoms with Gasteiger partial charge in [0, 0.05) is 48.3 Å². The SMILES string of the molecule is CCOC(=O)c1[nH]c2cc(OC)c(OC)cc2c1NC(=O)CN1CCN(c2cccc(Cl)c2)CC1. The number of nitrogens with zero attached hydrogens (tertiary/aromatic N) is 2. The maximum absolute atomic E-state index is 13.0. The molecule has 1 amide bonds. The smallest absolute Gasteiger partial charge is 0.356 e. The molecule has 3 aromatic rings. The number of hydrogen-bond acceptors (Lipinski definition) is 7. The summed E-state index contributed by atoms with van der Waals surface area (Å²) in [5.41, 5.74) is 2.23. The van der Waals surface area contributed by atoms with E-state index in [0.717, 1.165) is 31.9 Å². The average molecular weight is 501 g/mol. The van der Waals surface area contributed by atoms with E-state index in [-0.39, 0.29) is 24.8 Å². The molecule has 2 heterocycles. The Bertz CT molecular complexity index is 1220. The summed E-state index contributed by atoms with van der Waals surface area (Å²) < 4.78 is 16.0. The standard InChI is InChI=1S/C25H29ClN4O5/c1-4-35-25(32)24-23(18-13-20(33-2)21(34-3)14-19(18)27-24)28-22(31)15-29-8-10-30(11-9-29)17-7-5-6-16(26)12-17/h5-7,12-14,27H,4,8-11,15H2,1-3H3,(H,28,31). The molecule has 0 saturated carbocycles. The van der Waals surface area contributed by atoms with Gasteiger partial charge in [0.25, 0.3) is 0 Å². The van der Waals surface area contributed by atoms with Crippen molar-refractivity contribution in [3.8, 4) is 11.5 Å². The van der Waals surface area contributed by atoms with Gasteiger partial charge in [0.1, 0.15) is 5.69 Å². The molecule has 0 aliphatic carbocycles. The van der Waals surface area contributed by atoms with Gasteiger partial charge in [0.05, 0.1) is 38.6 Å². The number of piperazine rings is 1. The van der Waals surface area contributed by atoms with Gasteiger partial charge in [0.15, 0.2) is 11.5 Å². The van der Waals surface area contributed by atoms with Gasteiger partial charge in [-0.05, 0) is 31.2 Å². The Balaban J connectivity index is 1.49. The van der Waals surface area contributed by atoms with Crippen molar-refractivity contribution in [1.29, 1.82) is 0 Å². The zero-order valence-corrected chi connectivity index (χ0v) is 20.8. The molecule has 9 nitrogen and oxygen atoms in total. The monoisotopic (exact) mass is 500 g/mol. The van der Waals surface area contributed by atoms with Gasteiger partial charge in [-0.25, -0.2) is 4.79 Å². The minimum Gasteiger partial charge on any atom is -0.493 e. The number of aromatic nitrogens is 1. The summed E-state index contributed by atoms with van der Waals surface area (Å²) in [5.74, 6) is 0.226. The second kappa shape index (κ2) is 10.9. The topological polar surface area (TPSA) is 96.1 Å². The summed E-state index contributed by atoms with van der Waals surface area (Å²) in [6, 6.07) is 11.2. The van der Waals surface area contributed by atoms with Gasteiger partial charge >= 0.3 is 5.97 Å². The van der Waals surface area contributed by atoms with Gasteiger partial charge in [-0.2, -0.15) is 0 Å². The van der Waals surface area contributed by atoms with Crippen molar-refractivity contribution in [2.75, 3.05) is 63.8 Å². The second-order valence-corrected chi connectivity index (χ2v) is 8.58. The predicted molar refractivity (Wildman–Crippen MR) is 136 cm³/mol. The van der Waals surface area contributed by atoms with Crippen molar-refractivity contribution >= 4 is 45.8 Å². The fourth-order valence-corrected chi connectivity index (χ4v) is 4.41. The molecule has 2 N–H and O–H groups in total. The highest BCUT2D eigenvalue weighted by molar-refractivity contribution is 6.30. The van der Waals surface area contributed by atoms with Crippen LogP contribution < -0.4 is 19.7 Å². The third-order valence-corrected chi connectivity index (χ3v) is 6.19. The molecule has 1 aliphatic rings. The van der Waals surface area contributed by atoms with Crippen LogP contribution in [0.5, 0.6) is 11.5 Å². The second-order valence-electron chi connectivity index (χ2n) is 8.14. The van der Waals surface area contributed by atoms with Crippen LogP contribution in [0.4, 0.5) is 11.4 Å². The summed E-state index contributed by atoms with van der Waals surface area (Å²) in [5, 5.41) is 4.25. The Labute approximate surface area is 208 Å². The minimum atomic E-state index is -0.549. The largest absolute Gasteiger partial charge is 0.493 e. The third kappa shape index (κ3) is 5.47. The number of benzene rings is 2. The number of methoxy groups -OCH3 is 2. The number of carbonyl (C=O) groups is 2. The maximum atomic E-state index is 13.0. The van der Waals surface area contributed by atoms with Crippen molar-refractivity contribution in [3.63, 3.8) is 0 Å². The lowest BCUT2D eigenvalue weighted by Crippen LogP contribution is -2.48. The Hall–Kier alpha value is -3.43. The highest BCUT2D eigenvalue weighted by Gasteiger charge is 2.24. The Kier molecular flexibility index (Phi) is 7.67. The molecule has 1 saturated heterocycles. The van der Waals surface area contributed by atoms with Crippen molar-refractivity contribution in [3.05, 3.63) is 47.1 Å². The van der Waals surface area contributed by atoms with E-state index in [1.807, 2.05) is 24.3 Å². The summed E-state index contributed by atoms with van der Waals surface area (Å²) in [4.78, 5) is 33.0. The number of aromatic amines is 1. The maximum Gasteiger partial charge on any atom is 0.356 e. The molecule has 186 valence electrons. The number of ether oxygens (including phenoxy) is 3. The number of nitrogens with one attached hydrogen (secondary N) is 2. The van der Waals surface area contributed by atoms with E-state index >= 15 is 0 Å². The van der Waals surface area contributed by atoms with Crippen molar-refractivity contribution < 1.29 is 23.8 Å². The molecule has 0 radical (unpaired) electrons. The fraction of sp³-hybridized carbons (Fsp3) is 0.360. The fourth-order valence-electron chi connectivity index (χ4n) is 4.23. The van der Waals surface area contributed by atoms with Gasteiger partial charge in [0.2, 0.25) is 5.91 Å². The molecule has 10 heteroatoms. The molecule has 35 heavy (non-hydrogen) atoms. The number of halogens is 1.